The summed E-state index contributed by atoms with van der Waals surface area (Å²) in [6, 6.07) is 0.873. The Balaban J connectivity index is 2.64. The molecule has 1 aromatic heterocycles. The first-order valence-corrected chi connectivity index (χ1v) is 5.12. The summed E-state index contributed by atoms with van der Waals surface area (Å²) in [6.07, 6.45) is -3.27. The lowest BCUT2D eigenvalue weighted by atomic mass is 10.2. The summed E-state index contributed by atoms with van der Waals surface area (Å²) in [6.45, 7) is 3.55. The summed E-state index contributed by atoms with van der Waals surface area (Å²) in [7, 11) is 0. The van der Waals surface area contributed by atoms with E-state index in [1.54, 1.807) is 13.8 Å². The average molecular weight is 250 g/mol. The van der Waals surface area contributed by atoms with Crippen LogP contribution in [0, 0.1) is 5.92 Å². The van der Waals surface area contributed by atoms with Gasteiger partial charge in [-0.15, -0.1) is 0 Å². The molecule has 0 fully saturated rings. The molecule has 96 valence electrons. The lowest BCUT2D eigenvalue weighted by molar-refractivity contribution is -0.147. The Morgan fingerprint density at radius 1 is 1.59 bits per heavy atom. The molecule has 17 heavy (non-hydrogen) atoms. The number of alkyl halides is 3. The van der Waals surface area contributed by atoms with Crippen molar-refractivity contribution in [3.63, 3.8) is 0 Å². The number of halogens is 3. The van der Waals surface area contributed by atoms with Gasteiger partial charge in [0.25, 0.3) is 0 Å². The van der Waals surface area contributed by atoms with Gasteiger partial charge in [-0.2, -0.15) is 18.3 Å². The third-order valence-electron chi connectivity index (χ3n) is 2.08. The van der Waals surface area contributed by atoms with Crippen LogP contribution in [0.15, 0.2) is 12.3 Å². The zero-order valence-corrected chi connectivity index (χ0v) is 9.49. The topological polar surface area (TPSA) is 44.1 Å². The molecule has 1 unspecified atom stereocenters. The van der Waals surface area contributed by atoms with Crippen molar-refractivity contribution in [3.05, 3.63) is 18.0 Å². The number of carbonyl (C=O) groups is 1. The maximum atomic E-state index is 12.3. The molecule has 1 atom stereocenters. The molecule has 0 saturated carbocycles. The molecule has 0 bridgehead atoms. The quantitative estimate of drug-likeness (QED) is 0.769. The van der Waals surface area contributed by atoms with Gasteiger partial charge >= 0.3 is 12.1 Å². The number of hydrogen-bond donors (Lipinski definition) is 0. The molecule has 1 heterocycles. The number of ether oxygens (including phenoxy) is 1. The summed E-state index contributed by atoms with van der Waals surface area (Å²) >= 11 is 0. The van der Waals surface area contributed by atoms with E-state index in [1.165, 1.54) is 6.20 Å². The molecule has 0 amide bonds. The highest BCUT2D eigenvalue weighted by Gasteiger charge is 2.33. The SMILES string of the molecule is CCOC(=O)C(C)Cn1ccc(C(F)(F)F)n1. The monoisotopic (exact) mass is 250 g/mol. The van der Waals surface area contributed by atoms with E-state index in [2.05, 4.69) is 5.10 Å². The summed E-state index contributed by atoms with van der Waals surface area (Å²) in [5, 5.41) is 3.35. The molecule has 1 rings (SSSR count). The van der Waals surface area contributed by atoms with Crippen molar-refractivity contribution in [1.82, 2.24) is 9.78 Å². The lowest BCUT2D eigenvalue weighted by Gasteiger charge is -2.10. The van der Waals surface area contributed by atoms with Crippen molar-refractivity contribution in [2.24, 2.45) is 5.92 Å². The predicted molar refractivity (Wildman–Crippen MR) is 53.0 cm³/mol. The third-order valence-corrected chi connectivity index (χ3v) is 2.08. The molecule has 0 saturated heterocycles. The van der Waals surface area contributed by atoms with Gasteiger partial charge < -0.3 is 4.74 Å². The highest BCUT2D eigenvalue weighted by atomic mass is 19.4. The van der Waals surface area contributed by atoms with Crippen LogP contribution >= 0.6 is 0 Å². The van der Waals surface area contributed by atoms with Gasteiger partial charge in [0.2, 0.25) is 0 Å². The van der Waals surface area contributed by atoms with Gasteiger partial charge in [0.05, 0.1) is 19.1 Å². The average Bonchev–Trinajstić information content (AvgIpc) is 2.66. The second-order valence-corrected chi connectivity index (χ2v) is 3.57. The van der Waals surface area contributed by atoms with Gasteiger partial charge in [-0.1, -0.05) is 6.92 Å². The number of rotatable bonds is 4. The Bertz CT molecular complexity index is 387. The van der Waals surface area contributed by atoms with Crippen LogP contribution in [0.4, 0.5) is 13.2 Å². The van der Waals surface area contributed by atoms with E-state index in [4.69, 9.17) is 4.74 Å². The molecule has 0 radical (unpaired) electrons. The highest BCUT2D eigenvalue weighted by molar-refractivity contribution is 5.71. The fourth-order valence-electron chi connectivity index (χ4n) is 1.25. The molecule has 0 spiro atoms. The van der Waals surface area contributed by atoms with Crippen molar-refractivity contribution < 1.29 is 22.7 Å². The van der Waals surface area contributed by atoms with Gasteiger partial charge in [-0.3, -0.25) is 9.48 Å². The minimum atomic E-state index is -4.46. The number of hydrogen-bond acceptors (Lipinski definition) is 3. The number of carbonyl (C=O) groups excluding carboxylic acids is 1. The van der Waals surface area contributed by atoms with E-state index in [0.717, 1.165) is 10.7 Å². The van der Waals surface area contributed by atoms with Crippen LogP contribution in [0.25, 0.3) is 0 Å². The van der Waals surface area contributed by atoms with E-state index >= 15 is 0 Å². The first kappa shape index (κ1) is 13.5. The van der Waals surface area contributed by atoms with Gasteiger partial charge in [0.1, 0.15) is 0 Å². The van der Waals surface area contributed by atoms with Crippen LogP contribution in [0.1, 0.15) is 19.5 Å². The summed E-state index contributed by atoms with van der Waals surface area (Å²) in [5.41, 5.74) is -0.964. The molecular weight excluding hydrogens is 237 g/mol. The normalized spacial score (nSPS) is 13.5. The first-order valence-electron chi connectivity index (χ1n) is 5.12. The van der Waals surface area contributed by atoms with E-state index in [9.17, 15) is 18.0 Å². The standard InChI is InChI=1S/C10H13F3N2O2/c1-3-17-9(16)7(2)6-15-5-4-8(14-15)10(11,12)13/h4-5,7H,3,6H2,1-2H3. The van der Waals surface area contributed by atoms with Crippen LogP contribution in [-0.4, -0.2) is 22.4 Å². The molecule has 0 aliphatic carbocycles. The summed E-state index contributed by atoms with van der Waals surface area (Å²) < 4.78 is 42.6. The Labute approximate surface area is 96.4 Å². The molecule has 7 heteroatoms. The first-order chi connectivity index (χ1) is 7.84. The van der Waals surface area contributed by atoms with Crippen LogP contribution in [-0.2, 0) is 22.3 Å². The fourth-order valence-corrected chi connectivity index (χ4v) is 1.25. The molecule has 1 aromatic rings. The number of nitrogens with zero attached hydrogens (tertiary/aromatic N) is 2. The van der Waals surface area contributed by atoms with E-state index in [-0.39, 0.29) is 13.2 Å². The maximum Gasteiger partial charge on any atom is 0.435 e. The number of aromatic nitrogens is 2. The summed E-state index contributed by atoms with van der Waals surface area (Å²) in [4.78, 5) is 11.3. The minimum absolute atomic E-state index is 0.0644. The van der Waals surface area contributed by atoms with Crippen molar-refractivity contribution >= 4 is 5.97 Å². The third kappa shape index (κ3) is 3.76. The van der Waals surface area contributed by atoms with Gasteiger partial charge in [-0.05, 0) is 13.0 Å². The molecule has 0 aromatic carbocycles. The zero-order valence-electron chi connectivity index (χ0n) is 9.49. The lowest BCUT2D eigenvalue weighted by Crippen LogP contribution is -2.20. The zero-order chi connectivity index (χ0) is 13.1. The van der Waals surface area contributed by atoms with E-state index in [0.29, 0.717) is 0 Å². The van der Waals surface area contributed by atoms with Gasteiger partial charge in [0.15, 0.2) is 5.69 Å². The number of esters is 1. The van der Waals surface area contributed by atoms with Crippen LogP contribution < -0.4 is 0 Å². The Kier molecular flexibility index (Phi) is 4.14. The minimum Gasteiger partial charge on any atom is -0.466 e. The highest BCUT2D eigenvalue weighted by Crippen LogP contribution is 2.27. The van der Waals surface area contributed by atoms with Crippen LogP contribution in [0.5, 0.6) is 0 Å². The molecule has 4 nitrogen and oxygen atoms in total. The van der Waals surface area contributed by atoms with Crippen molar-refractivity contribution in [2.45, 2.75) is 26.6 Å². The second-order valence-electron chi connectivity index (χ2n) is 3.57. The smallest absolute Gasteiger partial charge is 0.435 e. The Morgan fingerprint density at radius 3 is 2.71 bits per heavy atom. The Morgan fingerprint density at radius 2 is 2.24 bits per heavy atom. The second kappa shape index (κ2) is 5.20. The van der Waals surface area contributed by atoms with E-state index in [1.807, 2.05) is 0 Å². The van der Waals surface area contributed by atoms with Crippen molar-refractivity contribution in [3.8, 4) is 0 Å². The summed E-state index contributed by atoms with van der Waals surface area (Å²) in [5.74, 6) is -0.979. The van der Waals surface area contributed by atoms with E-state index < -0.39 is 23.8 Å². The van der Waals surface area contributed by atoms with Gasteiger partial charge in [-0.25, -0.2) is 0 Å². The maximum absolute atomic E-state index is 12.3. The van der Waals surface area contributed by atoms with Crippen molar-refractivity contribution in [2.75, 3.05) is 6.61 Å². The predicted octanol–water partition coefficient (Wildman–Crippen LogP) is 2.10. The fraction of sp³-hybridized carbons (Fsp3) is 0.600. The molecular formula is C10H13F3N2O2. The largest absolute Gasteiger partial charge is 0.466 e. The van der Waals surface area contributed by atoms with Crippen LogP contribution in [0.2, 0.25) is 0 Å². The van der Waals surface area contributed by atoms with Crippen molar-refractivity contribution in [1.29, 1.82) is 0 Å². The molecule has 0 aliphatic heterocycles. The molecule has 0 aliphatic rings. The molecule has 0 N–H and O–H groups in total. The van der Waals surface area contributed by atoms with Crippen LogP contribution in [0.3, 0.4) is 0 Å². The van der Waals surface area contributed by atoms with Gasteiger partial charge in [0, 0.05) is 6.20 Å². The Hall–Kier alpha value is -1.53.